The van der Waals surface area contributed by atoms with Gasteiger partial charge in [-0.3, -0.25) is 9.48 Å². The molecule has 1 amide bonds. The van der Waals surface area contributed by atoms with Crippen molar-refractivity contribution in [2.45, 2.75) is 5.75 Å². The molecule has 4 nitrogen and oxygen atoms in total. The largest absolute Gasteiger partial charge is 0.322 e. The minimum absolute atomic E-state index is 0.128. The van der Waals surface area contributed by atoms with E-state index in [1.54, 1.807) is 35.9 Å². The molecule has 0 saturated heterocycles. The third kappa shape index (κ3) is 2.92. The molecular formula is C13H15N3OS. The van der Waals surface area contributed by atoms with Crippen LogP contribution < -0.4 is 5.32 Å². The van der Waals surface area contributed by atoms with E-state index >= 15 is 0 Å². The van der Waals surface area contributed by atoms with Crippen LogP contribution in [0.3, 0.4) is 0 Å². The molecule has 0 spiro atoms. The van der Waals surface area contributed by atoms with Gasteiger partial charge < -0.3 is 5.32 Å². The number of para-hydroxylation sites is 1. The number of aryl methyl sites for hydroxylation is 1. The van der Waals surface area contributed by atoms with Crippen LogP contribution in [-0.2, 0) is 12.8 Å². The Hall–Kier alpha value is -1.75. The molecular weight excluding hydrogens is 246 g/mol. The fraction of sp³-hybridized carbons (Fsp3) is 0.231. The number of nitrogens with one attached hydrogen (secondary N) is 1. The second-order valence-corrected chi connectivity index (χ2v) is 4.81. The summed E-state index contributed by atoms with van der Waals surface area (Å²) >= 11 is 1.73. The number of nitrogens with zero attached hydrogens (tertiary/aromatic N) is 2. The first-order chi connectivity index (χ1) is 8.70. The quantitative estimate of drug-likeness (QED) is 0.920. The molecule has 2 rings (SSSR count). The van der Waals surface area contributed by atoms with E-state index in [0.29, 0.717) is 5.56 Å². The lowest BCUT2D eigenvalue weighted by atomic mass is 10.2. The van der Waals surface area contributed by atoms with Crippen LogP contribution in [0.1, 0.15) is 15.9 Å². The summed E-state index contributed by atoms with van der Waals surface area (Å²) in [6.45, 7) is 0. The highest BCUT2D eigenvalue weighted by molar-refractivity contribution is 7.97. The minimum atomic E-state index is -0.128. The van der Waals surface area contributed by atoms with Crippen LogP contribution in [0.25, 0.3) is 0 Å². The van der Waals surface area contributed by atoms with Gasteiger partial charge in [0.05, 0.1) is 11.8 Å². The summed E-state index contributed by atoms with van der Waals surface area (Å²) in [5, 5.41) is 6.91. The van der Waals surface area contributed by atoms with Gasteiger partial charge >= 0.3 is 0 Å². The van der Waals surface area contributed by atoms with E-state index in [9.17, 15) is 4.79 Å². The van der Waals surface area contributed by atoms with Gasteiger partial charge in [0.2, 0.25) is 0 Å². The highest BCUT2D eigenvalue weighted by Crippen LogP contribution is 2.20. The van der Waals surface area contributed by atoms with E-state index < -0.39 is 0 Å². The number of carbonyl (C=O) groups is 1. The van der Waals surface area contributed by atoms with Gasteiger partial charge in [0, 0.05) is 24.7 Å². The van der Waals surface area contributed by atoms with Crippen molar-refractivity contribution in [3.8, 4) is 0 Å². The average molecular weight is 261 g/mol. The standard InChI is InChI=1S/C13H15N3OS/c1-16-8-11(7-14-16)13(17)15-12-6-4-3-5-10(12)9-18-2/h3-8H,9H2,1-2H3,(H,15,17). The molecule has 0 unspecified atom stereocenters. The molecule has 94 valence electrons. The Morgan fingerprint density at radius 3 is 2.89 bits per heavy atom. The molecule has 0 saturated carbocycles. The summed E-state index contributed by atoms with van der Waals surface area (Å²) in [5.74, 6) is 0.750. The summed E-state index contributed by atoms with van der Waals surface area (Å²) in [4.78, 5) is 12.0. The van der Waals surface area contributed by atoms with E-state index in [4.69, 9.17) is 0 Å². The molecule has 1 aromatic carbocycles. The molecule has 0 aliphatic heterocycles. The molecule has 0 aliphatic carbocycles. The average Bonchev–Trinajstić information content (AvgIpc) is 2.79. The van der Waals surface area contributed by atoms with Crippen molar-refractivity contribution in [2.24, 2.45) is 7.05 Å². The molecule has 1 aromatic heterocycles. The number of carbonyl (C=O) groups excluding carboxylic acids is 1. The Balaban J connectivity index is 2.16. The Morgan fingerprint density at radius 2 is 2.22 bits per heavy atom. The number of benzene rings is 1. The molecule has 1 N–H and O–H groups in total. The molecule has 0 fully saturated rings. The van der Waals surface area contributed by atoms with Crippen molar-refractivity contribution in [1.29, 1.82) is 0 Å². The summed E-state index contributed by atoms with van der Waals surface area (Å²) in [6.07, 6.45) is 5.30. The molecule has 0 radical (unpaired) electrons. The summed E-state index contributed by atoms with van der Waals surface area (Å²) in [5.41, 5.74) is 2.55. The highest BCUT2D eigenvalue weighted by Gasteiger charge is 2.10. The SMILES string of the molecule is CSCc1ccccc1NC(=O)c1cnn(C)c1. The maximum Gasteiger partial charge on any atom is 0.258 e. The molecule has 5 heteroatoms. The number of hydrogen-bond donors (Lipinski definition) is 1. The van der Waals surface area contributed by atoms with E-state index in [1.165, 1.54) is 0 Å². The van der Waals surface area contributed by atoms with Gasteiger partial charge in [0.25, 0.3) is 5.91 Å². The predicted octanol–water partition coefficient (Wildman–Crippen LogP) is 2.54. The topological polar surface area (TPSA) is 46.9 Å². The number of rotatable bonds is 4. The van der Waals surface area contributed by atoms with Crippen molar-refractivity contribution < 1.29 is 4.79 Å². The van der Waals surface area contributed by atoms with Gasteiger partial charge in [-0.15, -0.1) is 0 Å². The second-order valence-electron chi connectivity index (χ2n) is 3.95. The van der Waals surface area contributed by atoms with Gasteiger partial charge in [-0.25, -0.2) is 0 Å². The second kappa shape index (κ2) is 5.73. The highest BCUT2D eigenvalue weighted by atomic mass is 32.2. The van der Waals surface area contributed by atoms with E-state index in [2.05, 4.69) is 10.4 Å². The van der Waals surface area contributed by atoms with Gasteiger partial charge in [0.1, 0.15) is 0 Å². The lowest BCUT2D eigenvalue weighted by Crippen LogP contribution is -2.12. The van der Waals surface area contributed by atoms with Crippen LogP contribution in [0, 0.1) is 0 Å². The number of thioether (sulfide) groups is 1. The van der Waals surface area contributed by atoms with Crippen molar-refractivity contribution in [1.82, 2.24) is 9.78 Å². The Morgan fingerprint density at radius 1 is 1.44 bits per heavy atom. The van der Waals surface area contributed by atoms with Crippen molar-refractivity contribution in [3.63, 3.8) is 0 Å². The van der Waals surface area contributed by atoms with Crippen molar-refractivity contribution in [3.05, 3.63) is 47.8 Å². The summed E-state index contributed by atoms with van der Waals surface area (Å²) in [7, 11) is 1.79. The zero-order chi connectivity index (χ0) is 13.0. The van der Waals surface area contributed by atoms with Crippen LogP contribution >= 0.6 is 11.8 Å². The fourth-order valence-corrected chi connectivity index (χ4v) is 2.22. The Bertz CT molecular complexity index is 551. The Labute approximate surface area is 110 Å². The third-order valence-electron chi connectivity index (χ3n) is 2.53. The van der Waals surface area contributed by atoms with Gasteiger partial charge in [-0.2, -0.15) is 16.9 Å². The number of amides is 1. The van der Waals surface area contributed by atoms with Gasteiger partial charge in [0.15, 0.2) is 0 Å². The first-order valence-electron chi connectivity index (χ1n) is 5.57. The lowest BCUT2D eigenvalue weighted by molar-refractivity contribution is 0.102. The van der Waals surface area contributed by atoms with Gasteiger partial charge in [-0.05, 0) is 17.9 Å². The summed E-state index contributed by atoms with van der Waals surface area (Å²) in [6, 6.07) is 7.84. The van der Waals surface area contributed by atoms with Crippen LogP contribution in [0.4, 0.5) is 5.69 Å². The first-order valence-corrected chi connectivity index (χ1v) is 6.97. The van der Waals surface area contributed by atoms with Crippen molar-refractivity contribution in [2.75, 3.05) is 11.6 Å². The van der Waals surface area contributed by atoms with Crippen LogP contribution in [0.5, 0.6) is 0 Å². The smallest absolute Gasteiger partial charge is 0.258 e. The molecule has 0 bridgehead atoms. The first kappa shape index (κ1) is 12.7. The van der Waals surface area contributed by atoms with E-state index in [-0.39, 0.29) is 5.91 Å². The van der Waals surface area contributed by atoms with Crippen LogP contribution in [0.15, 0.2) is 36.7 Å². The molecule has 18 heavy (non-hydrogen) atoms. The van der Waals surface area contributed by atoms with Crippen LogP contribution in [0.2, 0.25) is 0 Å². The maximum atomic E-state index is 12.0. The molecule has 0 aliphatic rings. The minimum Gasteiger partial charge on any atom is -0.322 e. The molecule has 1 heterocycles. The third-order valence-corrected chi connectivity index (χ3v) is 3.13. The zero-order valence-electron chi connectivity index (χ0n) is 10.4. The summed E-state index contributed by atoms with van der Waals surface area (Å²) < 4.78 is 1.61. The number of anilines is 1. The Kier molecular flexibility index (Phi) is 4.04. The normalized spacial score (nSPS) is 10.3. The van der Waals surface area contributed by atoms with Crippen molar-refractivity contribution >= 4 is 23.4 Å². The maximum absolute atomic E-state index is 12.0. The predicted molar refractivity (Wildman–Crippen MR) is 74.8 cm³/mol. The zero-order valence-corrected chi connectivity index (χ0v) is 11.2. The van der Waals surface area contributed by atoms with Gasteiger partial charge in [-0.1, -0.05) is 18.2 Å². The molecule has 0 atom stereocenters. The monoisotopic (exact) mass is 261 g/mol. The molecule has 2 aromatic rings. The number of hydrogen-bond acceptors (Lipinski definition) is 3. The van der Waals surface area contributed by atoms with E-state index in [0.717, 1.165) is 17.0 Å². The fourth-order valence-electron chi connectivity index (χ4n) is 1.66. The number of aromatic nitrogens is 2. The van der Waals surface area contributed by atoms with E-state index in [1.807, 2.05) is 30.5 Å². The lowest BCUT2D eigenvalue weighted by Gasteiger charge is -2.09. The van der Waals surface area contributed by atoms with Crippen LogP contribution in [-0.4, -0.2) is 21.9 Å².